The van der Waals surface area contributed by atoms with Crippen LogP contribution < -0.4 is 11.1 Å². The van der Waals surface area contributed by atoms with E-state index in [0.29, 0.717) is 0 Å². The van der Waals surface area contributed by atoms with E-state index in [4.69, 9.17) is 5.73 Å². The van der Waals surface area contributed by atoms with E-state index < -0.39 is 6.04 Å². The summed E-state index contributed by atoms with van der Waals surface area (Å²) in [5, 5.41) is 3.06. The van der Waals surface area contributed by atoms with Crippen LogP contribution in [0, 0.1) is 6.92 Å². The molecule has 3 heteroatoms. The Kier molecular flexibility index (Phi) is 5.73. The summed E-state index contributed by atoms with van der Waals surface area (Å²) < 4.78 is 0. The van der Waals surface area contributed by atoms with Gasteiger partial charge in [-0.3, -0.25) is 4.79 Å². The average molecular weight is 296 g/mol. The molecule has 0 heterocycles. The van der Waals surface area contributed by atoms with Crippen molar-refractivity contribution in [2.24, 2.45) is 5.73 Å². The first-order chi connectivity index (χ1) is 10.6. The van der Waals surface area contributed by atoms with Crippen LogP contribution in [0.3, 0.4) is 0 Å². The number of benzene rings is 2. The number of hydrogen-bond donors (Lipinski definition) is 2. The number of amides is 1. The van der Waals surface area contributed by atoms with Crippen molar-refractivity contribution in [2.75, 3.05) is 0 Å². The van der Waals surface area contributed by atoms with Crippen LogP contribution in [0.1, 0.15) is 36.1 Å². The van der Waals surface area contributed by atoms with Crippen LogP contribution in [0.25, 0.3) is 0 Å². The SMILES string of the molecule is CCC(Cc1ccccc1)NC(=O)C(N)c1ccc(C)cc1. The van der Waals surface area contributed by atoms with Crippen LogP contribution in [0.15, 0.2) is 54.6 Å². The predicted octanol–water partition coefficient (Wildman–Crippen LogP) is 3.13. The lowest BCUT2D eigenvalue weighted by molar-refractivity contribution is -0.123. The molecule has 3 nitrogen and oxygen atoms in total. The second-order valence-corrected chi connectivity index (χ2v) is 5.69. The first-order valence-electron chi connectivity index (χ1n) is 7.76. The molecule has 0 saturated carbocycles. The zero-order chi connectivity index (χ0) is 15.9. The van der Waals surface area contributed by atoms with E-state index in [1.807, 2.05) is 49.4 Å². The lowest BCUT2D eigenvalue weighted by atomic mass is 10.0. The van der Waals surface area contributed by atoms with Crippen molar-refractivity contribution >= 4 is 5.91 Å². The average Bonchev–Trinajstić information content (AvgIpc) is 2.55. The molecule has 0 spiro atoms. The second-order valence-electron chi connectivity index (χ2n) is 5.69. The van der Waals surface area contributed by atoms with Crippen molar-refractivity contribution in [1.82, 2.24) is 5.32 Å². The molecule has 2 rings (SSSR count). The quantitative estimate of drug-likeness (QED) is 0.860. The van der Waals surface area contributed by atoms with Gasteiger partial charge in [-0.2, -0.15) is 0 Å². The Morgan fingerprint density at radius 2 is 1.73 bits per heavy atom. The van der Waals surface area contributed by atoms with E-state index in [0.717, 1.165) is 24.0 Å². The highest BCUT2D eigenvalue weighted by Crippen LogP contribution is 2.13. The van der Waals surface area contributed by atoms with Crippen molar-refractivity contribution in [3.8, 4) is 0 Å². The molecule has 116 valence electrons. The second kappa shape index (κ2) is 7.76. The van der Waals surface area contributed by atoms with Gasteiger partial charge in [0.05, 0.1) is 0 Å². The number of hydrogen-bond acceptors (Lipinski definition) is 2. The number of aryl methyl sites for hydroxylation is 1. The molecule has 2 atom stereocenters. The van der Waals surface area contributed by atoms with Crippen LogP contribution in [0.5, 0.6) is 0 Å². The molecule has 2 aromatic rings. The van der Waals surface area contributed by atoms with Crippen LogP contribution in [0.4, 0.5) is 0 Å². The molecule has 0 aliphatic carbocycles. The third-order valence-electron chi connectivity index (χ3n) is 3.88. The number of rotatable bonds is 6. The minimum atomic E-state index is -0.620. The molecule has 22 heavy (non-hydrogen) atoms. The number of nitrogens with one attached hydrogen (secondary N) is 1. The Morgan fingerprint density at radius 1 is 1.09 bits per heavy atom. The minimum absolute atomic E-state index is 0.103. The van der Waals surface area contributed by atoms with E-state index in [2.05, 4.69) is 24.4 Å². The van der Waals surface area contributed by atoms with Gasteiger partial charge in [0, 0.05) is 6.04 Å². The predicted molar refractivity (Wildman–Crippen MR) is 90.5 cm³/mol. The maximum atomic E-state index is 12.4. The number of carbonyl (C=O) groups excluding carboxylic acids is 1. The maximum Gasteiger partial charge on any atom is 0.241 e. The summed E-state index contributed by atoms with van der Waals surface area (Å²) in [5.41, 5.74) is 9.30. The fraction of sp³-hybridized carbons (Fsp3) is 0.316. The van der Waals surface area contributed by atoms with Crippen molar-refractivity contribution in [1.29, 1.82) is 0 Å². The summed E-state index contributed by atoms with van der Waals surface area (Å²) in [6.45, 7) is 4.09. The van der Waals surface area contributed by atoms with Gasteiger partial charge in [-0.05, 0) is 30.9 Å². The Labute approximate surface area is 132 Å². The normalized spacial score (nSPS) is 13.4. The monoisotopic (exact) mass is 296 g/mol. The van der Waals surface area contributed by atoms with Gasteiger partial charge in [-0.15, -0.1) is 0 Å². The van der Waals surface area contributed by atoms with Gasteiger partial charge in [0.15, 0.2) is 0 Å². The highest BCUT2D eigenvalue weighted by atomic mass is 16.2. The zero-order valence-electron chi connectivity index (χ0n) is 13.3. The lowest BCUT2D eigenvalue weighted by Gasteiger charge is -2.20. The van der Waals surface area contributed by atoms with Crippen molar-refractivity contribution in [2.45, 2.75) is 38.8 Å². The van der Waals surface area contributed by atoms with Gasteiger partial charge in [0.25, 0.3) is 0 Å². The van der Waals surface area contributed by atoms with Gasteiger partial charge in [-0.1, -0.05) is 67.1 Å². The Hall–Kier alpha value is -2.13. The van der Waals surface area contributed by atoms with E-state index in [1.54, 1.807) is 0 Å². The third kappa shape index (κ3) is 4.43. The van der Waals surface area contributed by atoms with E-state index in [1.165, 1.54) is 5.56 Å². The third-order valence-corrected chi connectivity index (χ3v) is 3.88. The van der Waals surface area contributed by atoms with Crippen molar-refractivity contribution < 1.29 is 4.79 Å². The van der Waals surface area contributed by atoms with E-state index in [9.17, 15) is 4.79 Å². The Balaban J connectivity index is 1.98. The fourth-order valence-electron chi connectivity index (χ4n) is 2.41. The highest BCUT2D eigenvalue weighted by Gasteiger charge is 2.18. The molecule has 3 N–H and O–H groups in total. The summed E-state index contributed by atoms with van der Waals surface area (Å²) in [4.78, 5) is 12.4. The molecule has 2 aromatic carbocycles. The summed E-state index contributed by atoms with van der Waals surface area (Å²) in [7, 11) is 0. The zero-order valence-corrected chi connectivity index (χ0v) is 13.3. The largest absolute Gasteiger partial charge is 0.351 e. The maximum absolute atomic E-state index is 12.4. The number of nitrogens with two attached hydrogens (primary N) is 1. The van der Waals surface area contributed by atoms with Crippen LogP contribution in [0.2, 0.25) is 0 Å². The molecule has 1 amide bonds. The molecule has 0 aliphatic heterocycles. The summed E-state index contributed by atoms with van der Waals surface area (Å²) in [6.07, 6.45) is 1.70. The Morgan fingerprint density at radius 3 is 2.32 bits per heavy atom. The number of carbonyl (C=O) groups is 1. The molecular weight excluding hydrogens is 272 g/mol. The lowest BCUT2D eigenvalue weighted by Crippen LogP contribution is -2.41. The van der Waals surface area contributed by atoms with Gasteiger partial charge >= 0.3 is 0 Å². The fourth-order valence-corrected chi connectivity index (χ4v) is 2.41. The molecule has 0 radical (unpaired) electrons. The standard InChI is InChI=1S/C19H24N2O/c1-3-17(13-15-7-5-4-6-8-15)21-19(22)18(20)16-11-9-14(2)10-12-16/h4-12,17-18H,3,13,20H2,1-2H3,(H,21,22). The smallest absolute Gasteiger partial charge is 0.241 e. The van der Waals surface area contributed by atoms with Gasteiger partial charge in [0.1, 0.15) is 6.04 Å². The van der Waals surface area contributed by atoms with Crippen molar-refractivity contribution in [3.63, 3.8) is 0 Å². The van der Waals surface area contributed by atoms with E-state index >= 15 is 0 Å². The highest BCUT2D eigenvalue weighted by molar-refractivity contribution is 5.83. The molecular formula is C19H24N2O. The molecule has 0 fully saturated rings. The molecule has 0 aliphatic rings. The van der Waals surface area contributed by atoms with Crippen LogP contribution in [-0.2, 0) is 11.2 Å². The van der Waals surface area contributed by atoms with Crippen LogP contribution >= 0.6 is 0 Å². The summed E-state index contributed by atoms with van der Waals surface area (Å²) in [5.74, 6) is -0.119. The summed E-state index contributed by atoms with van der Waals surface area (Å²) in [6, 6.07) is 17.4. The van der Waals surface area contributed by atoms with Gasteiger partial charge < -0.3 is 11.1 Å². The first kappa shape index (κ1) is 16.2. The summed E-state index contributed by atoms with van der Waals surface area (Å²) >= 11 is 0. The molecule has 0 bridgehead atoms. The van der Waals surface area contributed by atoms with Gasteiger partial charge in [-0.25, -0.2) is 0 Å². The molecule has 2 unspecified atom stereocenters. The van der Waals surface area contributed by atoms with Gasteiger partial charge in [0.2, 0.25) is 5.91 Å². The van der Waals surface area contributed by atoms with Crippen molar-refractivity contribution in [3.05, 3.63) is 71.3 Å². The molecule has 0 saturated heterocycles. The van der Waals surface area contributed by atoms with Crippen LogP contribution in [-0.4, -0.2) is 11.9 Å². The van der Waals surface area contributed by atoms with E-state index in [-0.39, 0.29) is 11.9 Å². The first-order valence-corrected chi connectivity index (χ1v) is 7.76. The molecule has 0 aromatic heterocycles. The Bertz CT molecular complexity index is 593. The minimum Gasteiger partial charge on any atom is -0.351 e. The topological polar surface area (TPSA) is 55.1 Å².